The van der Waals surface area contributed by atoms with Crippen molar-refractivity contribution in [1.29, 1.82) is 0 Å². The molecule has 0 aliphatic carbocycles. The molecule has 1 saturated heterocycles. The van der Waals surface area contributed by atoms with E-state index in [1.165, 1.54) is 23.1 Å². The zero-order valence-corrected chi connectivity index (χ0v) is 14.8. The number of nitrogens with zero attached hydrogens (tertiary/aromatic N) is 3. The maximum atomic E-state index is 12.5. The molecule has 0 N–H and O–H groups in total. The maximum absolute atomic E-state index is 12.5. The Hall–Kier alpha value is -3.17. The number of hydrogen-bond donors (Lipinski definition) is 0. The minimum absolute atomic E-state index is 0.0457. The van der Waals surface area contributed by atoms with Gasteiger partial charge in [-0.1, -0.05) is 0 Å². The van der Waals surface area contributed by atoms with E-state index in [0.717, 1.165) is 0 Å². The number of ether oxygens (including phenoxy) is 2. The molecular weight excluding hydrogens is 358 g/mol. The molecule has 0 spiro atoms. The van der Waals surface area contributed by atoms with Crippen LogP contribution in [0, 0.1) is 10.1 Å². The van der Waals surface area contributed by atoms with E-state index in [4.69, 9.17) is 9.47 Å². The standard InChI is InChI=1S/C17H19N3O7/c1-2-26-17(23)19-7-5-18(6-8-19)15(21)10-14-12-4-3-11(20(24)25)9-13(12)16(22)27-14/h3-4,9,14H,2,5-8,10H2,1H3/t14-/m0/s1. The summed E-state index contributed by atoms with van der Waals surface area (Å²) in [4.78, 5) is 49.6. The van der Waals surface area contributed by atoms with Crippen LogP contribution < -0.4 is 0 Å². The van der Waals surface area contributed by atoms with Crippen molar-refractivity contribution in [2.45, 2.75) is 19.4 Å². The molecule has 3 rings (SSSR count). The van der Waals surface area contributed by atoms with Crippen LogP contribution in [-0.4, -0.2) is 65.5 Å². The first-order valence-corrected chi connectivity index (χ1v) is 8.59. The number of benzene rings is 1. The lowest BCUT2D eigenvalue weighted by Gasteiger charge is -2.34. The predicted octanol–water partition coefficient (Wildman–Crippen LogP) is 1.50. The Morgan fingerprint density at radius 3 is 2.56 bits per heavy atom. The highest BCUT2D eigenvalue weighted by Gasteiger charge is 2.35. The number of hydrogen-bond acceptors (Lipinski definition) is 7. The molecule has 27 heavy (non-hydrogen) atoms. The second-order valence-corrected chi connectivity index (χ2v) is 6.19. The van der Waals surface area contributed by atoms with Crippen LogP contribution in [-0.2, 0) is 14.3 Å². The minimum Gasteiger partial charge on any atom is -0.453 e. The fourth-order valence-electron chi connectivity index (χ4n) is 3.16. The third kappa shape index (κ3) is 3.83. The molecule has 2 aliphatic rings. The molecule has 10 nitrogen and oxygen atoms in total. The number of cyclic esters (lactones) is 1. The molecule has 2 amide bonds. The van der Waals surface area contributed by atoms with Crippen LogP contribution in [0.5, 0.6) is 0 Å². The first-order valence-electron chi connectivity index (χ1n) is 8.59. The van der Waals surface area contributed by atoms with Crippen molar-refractivity contribution in [3.63, 3.8) is 0 Å². The van der Waals surface area contributed by atoms with Crippen LogP contribution in [0.3, 0.4) is 0 Å². The summed E-state index contributed by atoms with van der Waals surface area (Å²) >= 11 is 0. The van der Waals surface area contributed by atoms with Crippen LogP contribution in [0.15, 0.2) is 18.2 Å². The highest BCUT2D eigenvalue weighted by Crippen LogP contribution is 2.35. The number of esters is 1. The average Bonchev–Trinajstić information content (AvgIpc) is 2.97. The number of amides is 2. The largest absolute Gasteiger partial charge is 0.453 e. The lowest BCUT2D eigenvalue weighted by atomic mass is 10.0. The first-order chi connectivity index (χ1) is 12.9. The normalized spacial score (nSPS) is 18.7. The van der Waals surface area contributed by atoms with Crippen LogP contribution in [0.2, 0.25) is 0 Å². The zero-order valence-electron chi connectivity index (χ0n) is 14.8. The molecule has 0 radical (unpaired) electrons. The lowest BCUT2D eigenvalue weighted by molar-refractivity contribution is -0.384. The number of carbonyl (C=O) groups is 3. The Morgan fingerprint density at radius 1 is 1.26 bits per heavy atom. The quantitative estimate of drug-likeness (QED) is 0.443. The fraction of sp³-hybridized carbons (Fsp3) is 0.471. The molecule has 10 heteroatoms. The lowest BCUT2D eigenvalue weighted by Crippen LogP contribution is -2.50. The van der Waals surface area contributed by atoms with E-state index in [-0.39, 0.29) is 23.6 Å². The van der Waals surface area contributed by atoms with E-state index in [1.54, 1.807) is 11.8 Å². The Bertz CT molecular complexity index is 787. The van der Waals surface area contributed by atoms with E-state index in [9.17, 15) is 24.5 Å². The van der Waals surface area contributed by atoms with Gasteiger partial charge in [0.2, 0.25) is 5.91 Å². The van der Waals surface area contributed by atoms with Gasteiger partial charge in [0.05, 0.1) is 23.5 Å². The molecule has 1 fully saturated rings. The molecule has 2 aliphatic heterocycles. The van der Waals surface area contributed by atoms with Crippen LogP contribution in [0.4, 0.5) is 10.5 Å². The van der Waals surface area contributed by atoms with Gasteiger partial charge in [-0.3, -0.25) is 14.9 Å². The summed E-state index contributed by atoms with van der Waals surface area (Å²) in [5.74, 6) is -0.874. The third-order valence-electron chi connectivity index (χ3n) is 4.58. The van der Waals surface area contributed by atoms with Crippen LogP contribution >= 0.6 is 0 Å². The number of carbonyl (C=O) groups excluding carboxylic acids is 3. The SMILES string of the molecule is CCOC(=O)N1CCN(C(=O)C[C@@H]2OC(=O)c3cc([N+](=O)[O-])ccc32)CC1. The molecule has 1 aromatic rings. The maximum Gasteiger partial charge on any atom is 0.409 e. The van der Waals surface area contributed by atoms with Gasteiger partial charge in [0.25, 0.3) is 5.69 Å². The topological polar surface area (TPSA) is 119 Å². The average molecular weight is 377 g/mol. The van der Waals surface area contributed by atoms with Crippen molar-refractivity contribution < 1.29 is 28.8 Å². The highest BCUT2D eigenvalue weighted by molar-refractivity contribution is 5.95. The van der Waals surface area contributed by atoms with Crippen molar-refractivity contribution in [3.05, 3.63) is 39.4 Å². The van der Waals surface area contributed by atoms with E-state index >= 15 is 0 Å². The Kier molecular flexibility index (Phi) is 5.24. The van der Waals surface area contributed by atoms with Gasteiger partial charge in [0, 0.05) is 43.9 Å². The van der Waals surface area contributed by atoms with E-state index in [2.05, 4.69) is 0 Å². The zero-order chi connectivity index (χ0) is 19.6. The molecule has 144 valence electrons. The number of nitro groups is 1. The second-order valence-electron chi connectivity index (χ2n) is 6.19. The van der Waals surface area contributed by atoms with Gasteiger partial charge in [0.15, 0.2) is 0 Å². The van der Waals surface area contributed by atoms with Crippen molar-refractivity contribution in [1.82, 2.24) is 9.80 Å². The summed E-state index contributed by atoms with van der Waals surface area (Å²) in [5, 5.41) is 10.8. The van der Waals surface area contributed by atoms with Crippen molar-refractivity contribution >= 4 is 23.7 Å². The van der Waals surface area contributed by atoms with Gasteiger partial charge < -0.3 is 19.3 Å². The molecule has 0 bridgehead atoms. The molecule has 2 heterocycles. The van der Waals surface area contributed by atoms with Crippen molar-refractivity contribution in [3.8, 4) is 0 Å². The summed E-state index contributed by atoms with van der Waals surface area (Å²) in [6, 6.07) is 3.91. The van der Waals surface area contributed by atoms with Gasteiger partial charge in [0.1, 0.15) is 6.10 Å². The van der Waals surface area contributed by atoms with Crippen molar-refractivity contribution in [2.24, 2.45) is 0 Å². The van der Waals surface area contributed by atoms with E-state index < -0.39 is 23.1 Å². The van der Waals surface area contributed by atoms with Gasteiger partial charge in [-0.2, -0.15) is 0 Å². The number of non-ortho nitro benzene ring substituents is 1. The van der Waals surface area contributed by atoms with Gasteiger partial charge >= 0.3 is 12.1 Å². The van der Waals surface area contributed by atoms with Gasteiger partial charge in [-0.15, -0.1) is 0 Å². The van der Waals surface area contributed by atoms with Gasteiger partial charge in [-0.25, -0.2) is 9.59 Å². The molecule has 1 aromatic carbocycles. The third-order valence-corrected chi connectivity index (χ3v) is 4.58. The van der Waals surface area contributed by atoms with E-state index in [1.807, 2.05) is 0 Å². The first kappa shape index (κ1) is 18.6. The predicted molar refractivity (Wildman–Crippen MR) is 91.0 cm³/mol. The minimum atomic E-state index is -0.760. The number of fused-ring (bicyclic) bond motifs is 1. The highest BCUT2D eigenvalue weighted by atomic mass is 16.6. The van der Waals surface area contributed by atoms with Crippen LogP contribution in [0.25, 0.3) is 0 Å². The number of nitro benzene ring substituents is 1. The summed E-state index contributed by atoms with van der Waals surface area (Å²) in [7, 11) is 0. The molecule has 0 aromatic heterocycles. The number of piperazine rings is 1. The fourth-order valence-corrected chi connectivity index (χ4v) is 3.16. The molecule has 0 saturated carbocycles. The molecule has 0 unspecified atom stereocenters. The monoisotopic (exact) mass is 377 g/mol. The Balaban J connectivity index is 1.61. The summed E-state index contributed by atoms with van der Waals surface area (Å²) in [5.41, 5.74) is 0.394. The molecule has 1 atom stereocenters. The van der Waals surface area contributed by atoms with E-state index in [0.29, 0.717) is 38.3 Å². The number of rotatable bonds is 4. The summed E-state index contributed by atoms with van der Waals surface area (Å²) < 4.78 is 10.2. The summed E-state index contributed by atoms with van der Waals surface area (Å²) in [6.45, 7) is 3.50. The van der Waals surface area contributed by atoms with Gasteiger partial charge in [-0.05, 0) is 13.0 Å². The van der Waals surface area contributed by atoms with Crippen molar-refractivity contribution in [2.75, 3.05) is 32.8 Å². The summed E-state index contributed by atoms with van der Waals surface area (Å²) in [6.07, 6.45) is -1.20. The smallest absolute Gasteiger partial charge is 0.409 e. The Morgan fingerprint density at radius 2 is 1.93 bits per heavy atom. The molecular formula is C17H19N3O7. The Labute approximate surface area is 154 Å². The second kappa shape index (κ2) is 7.60. The van der Waals surface area contributed by atoms with Crippen LogP contribution in [0.1, 0.15) is 35.4 Å².